The highest BCUT2D eigenvalue weighted by molar-refractivity contribution is 7.89. The van der Waals surface area contributed by atoms with E-state index in [-0.39, 0.29) is 0 Å². The van der Waals surface area contributed by atoms with Gasteiger partial charge in [0, 0.05) is 52.2 Å². The summed E-state index contributed by atoms with van der Waals surface area (Å²) in [6.45, 7) is 4.44. The van der Waals surface area contributed by atoms with Crippen LogP contribution in [0.25, 0.3) is 0 Å². The van der Waals surface area contributed by atoms with Gasteiger partial charge in [0.25, 0.3) is 0 Å². The summed E-state index contributed by atoms with van der Waals surface area (Å²) in [6, 6.07) is 1.74. The number of hydrogen-bond acceptors (Lipinski definition) is 5. The molecule has 0 amide bonds. The standard InChI is InChI=1S/C12H20N2O3S3/c1-2-3-13-9-11-8-12(10-18-11)20(16,17)14-4-6-19(15)7-5-14/h8,10,13H,2-7,9H2,1H3. The van der Waals surface area contributed by atoms with Crippen LogP contribution in [-0.4, -0.2) is 48.1 Å². The Bertz CT molecular complexity index is 558. The van der Waals surface area contributed by atoms with E-state index < -0.39 is 20.8 Å². The van der Waals surface area contributed by atoms with Crippen LogP contribution in [0.5, 0.6) is 0 Å². The Morgan fingerprint density at radius 2 is 2.10 bits per heavy atom. The highest BCUT2D eigenvalue weighted by atomic mass is 32.2. The zero-order valence-electron chi connectivity index (χ0n) is 11.5. The van der Waals surface area contributed by atoms with Gasteiger partial charge in [-0.25, -0.2) is 8.42 Å². The van der Waals surface area contributed by atoms with E-state index in [2.05, 4.69) is 12.2 Å². The number of hydrogen-bond donors (Lipinski definition) is 1. The third kappa shape index (κ3) is 3.88. The van der Waals surface area contributed by atoms with Crippen LogP contribution in [0.1, 0.15) is 18.2 Å². The first-order valence-electron chi connectivity index (χ1n) is 6.67. The second kappa shape index (κ2) is 7.13. The molecule has 8 heteroatoms. The van der Waals surface area contributed by atoms with Crippen molar-refractivity contribution in [3.05, 3.63) is 16.3 Å². The molecule has 20 heavy (non-hydrogen) atoms. The van der Waals surface area contributed by atoms with Gasteiger partial charge in [-0.2, -0.15) is 4.31 Å². The molecule has 0 radical (unpaired) electrons. The maximum absolute atomic E-state index is 12.5. The Balaban J connectivity index is 2.04. The Kier molecular flexibility index (Phi) is 5.74. The smallest absolute Gasteiger partial charge is 0.243 e. The average Bonchev–Trinajstić information content (AvgIpc) is 2.89. The van der Waals surface area contributed by atoms with Crippen LogP contribution in [0.4, 0.5) is 0 Å². The normalized spacial score (nSPS) is 18.4. The molecule has 0 atom stereocenters. The van der Waals surface area contributed by atoms with Crippen molar-refractivity contribution in [2.24, 2.45) is 0 Å². The lowest BCUT2D eigenvalue weighted by atomic mass is 10.4. The second-order valence-corrected chi connectivity index (χ2v) is 9.31. The average molecular weight is 337 g/mol. The molecule has 1 aromatic rings. The van der Waals surface area contributed by atoms with Crippen LogP contribution in [-0.2, 0) is 27.4 Å². The highest BCUT2D eigenvalue weighted by Gasteiger charge is 2.28. The largest absolute Gasteiger partial charge is 0.312 e. The van der Waals surface area contributed by atoms with Crippen molar-refractivity contribution in [3.8, 4) is 0 Å². The monoisotopic (exact) mass is 336 g/mol. The van der Waals surface area contributed by atoms with E-state index in [1.54, 1.807) is 11.4 Å². The van der Waals surface area contributed by atoms with Crippen LogP contribution in [0, 0.1) is 0 Å². The van der Waals surface area contributed by atoms with Crippen molar-refractivity contribution in [1.29, 1.82) is 0 Å². The molecule has 1 aliphatic rings. The van der Waals surface area contributed by atoms with Gasteiger partial charge in [0.15, 0.2) is 0 Å². The van der Waals surface area contributed by atoms with Gasteiger partial charge in [0.2, 0.25) is 10.0 Å². The van der Waals surface area contributed by atoms with Gasteiger partial charge in [-0.3, -0.25) is 4.21 Å². The predicted molar refractivity (Wildman–Crippen MR) is 83.0 cm³/mol. The molecule has 1 aromatic heterocycles. The van der Waals surface area contributed by atoms with Crippen molar-refractivity contribution in [2.75, 3.05) is 31.1 Å². The quantitative estimate of drug-likeness (QED) is 0.787. The topological polar surface area (TPSA) is 66.5 Å². The van der Waals surface area contributed by atoms with Crippen LogP contribution in [0.3, 0.4) is 0 Å². The maximum atomic E-state index is 12.5. The van der Waals surface area contributed by atoms with Crippen LogP contribution in [0.2, 0.25) is 0 Å². The van der Waals surface area contributed by atoms with E-state index in [1.165, 1.54) is 15.6 Å². The van der Waals surface area contributed by atoms with Gasteiger partial charge in [-0.15, -0.1) is 11.3 Å². The SMILES string of the molecule is CCCNCc1cc(S(=O)(=O)N2CCS(=O)CC2)cs1. The second-order valence-electron chi connectivity index (χ2n) is 4.68. The van der Waals surface area contributed by atoms with Gasteiger partial charge < -0.3 is 5.32 Å². The molecule has 0 unspecified atom stereocenters. The molecule has 1 saturated heterocycles. The Hall–Kier alpha value is -0.280. The summed E-state index contributed by atoms with van der Waals surface area (Å²) in [5.74, 6) is 0.878. The van der Waals surface area contributed by atoms with Gasteiger partial charge in [0.05, 0.1) is 4.90 Å². The molecule has 2 rings (SSSR count). The third-order valence-electron chi connectivity index (χ3n) is 3.13. The number of nitrogens with one attached hydrogen (secondary N) is 1. The molecule has 0 aliphatic carbocycles. The molecule has 1 fully saturated rings. The lowest BCUT2D eigenvalue weighted by Gasteiger charge is -2.24. The minimum absolute atomic E-state index is 0.355. The van der Waals surface area contributed by atoms with E-state index in [1.807, 2.05) is 0 Å². The minimum Gasteiger partial charge on any atom is -0.312 e. The van der Waals surface area contributed by atoms with Crippen molar-refractivity contribution >= 4 is 32.2 Å². The zero-order chi connectivity index (χ0) is 14.6. The molecule has 2 heterocycles. The minimum atomic E-state index is -3.41. The van der Waals surface area contributed by atoms with Gasteiger partial charge in [-0.05, 0) is 19.0 Å². The van der Waals surface area contributed by atoms with E-state index >= 15 is 0 Å². The van der Waals surface area contributed by atoms with Gasteiger partial charge in [-0.1, -0.05) is 6.92 Å². The van der Waals surface area contributed by atoms with Crippen molar-refractivity contribution in [2.45, 2.75) is 24.8 Å². The molecule has 114 valence electrons. The number of rotatable bonds is 6. The summed E-state index contributed by atoms with van der Waals surface area (Å²) in [5, 5.41) is 4.96. The summed E-state index contributed by atoms with van der Waals surface area (Å²) < 4.78 is 37.7. The third-order valence-corrected chi connectivity index (χ3v) is 7.37. The van der Waals surface area contributed by atoms with Crippen molar-refractivity contribution < 1.29 is 12.6 Å². The summed E-state index contributed by atoms with van der Waals surface area (Å²) in [4.78, 5) is 1.39. The first kappa shape index (κ1) is 16.1. The predicted octanol–water partition coefficient (Wildman–Crippen LogP) is 1.00. The van der Waals surface area contributed by atoms with E-state index in [0.29, 0.717) is 36.0 Å². The van der Waals surface area contributed by atoms with Gasteiger partial charge >= 0.3 is 0 Å². The molecule has 0 aromatic carbocycles. The maximum Gasteiger partial charge on any atom is 0.243 e. The molecular weight excluding hydrogens is 316 g/mol. The van der Waals surface area contributed by atoms with Crippen molar-refractivity contribution in [3.63, 3.8) is 0 Å². The summed E-state index contributed by atoms with van der Waals surface area (Å²) >= 11 is 1.46. The first-order chi connectivity index (χ1) is 9.54. The number of sulfonamides is 1. The molecule has 5 nitrogen and oxygen atoms in total. The summed E-state index contributed by atoms with van der Waals surface area (Å²) in [7, 11) is -4.28. The Labute approximate surface area is 126 Å². The number of thiophene rings is 1. The Morgan fingerprint density at radius 1 is 1.40 bits per heavy atom. The molecular formula is C12H20N2O3S3. The molecule has 1 aliphatic heterocycles. The molecule has 0 spiro atoms. The first-order valence-corrected chi connectivity index (χ1v) is 10.5. The fourth-order valence-corrected chi connectivity index (χ4v) is 5.94. The highest BCUT2D eigenvalue weighted by Crippen LogP contribution is 2.23. The van der Waals surface area contributed by atoms with Crippen LogP contribution >= 0.6 is 11.3 Å². The zero-order valence-corrected chi connectivity index (χ0v) is 14.0. The molecule has 0 saturated carbocycles. The van der Waals surface area contributed by atoms with Gasteiger partial charge in [0.1, 0.15) is 0 Å². The molecule has 1 N–H and O–H groups in total. The lowest BCUT2D eigenvalue weighted by Crippen LogP contribution is -2.41. The van der Waals surface area contributed by atoms with Crippen LogP contribution < -0.4 is 5.32 Å². The summed E-state index contributed by atoms with van der Waals surface area (Å²) in [5.41, 5.74) is 0. The van der Waals surface area contributed by atoms with E-state index in [0.717, 1.165) is 17.8 Å². The van der Waals surface area contributed by atoms with E-state index in [4.69, 9.17) is 0 Å². The summed E-state index contributed by atoms with van der Waals surface area (Å²) in [6.07, 6.45) is 1.06. The molecule has 0 bridgehead atoms. The lowest BCUT2D eigenvalue weighted by molar-refractivity contribution is 0.439. The van der Waals surface area contributed by atoms with Crippen molar-refractivity contribution in [1.82, 2.24) is 9.62 Å². The van der Waals surface area contributed by atoms with E-state index in [9.17, 15) is 12.6 Å². The Morgan fingerprint density at radius 3 is 2.75 bits per heavy atom. The fourth-order valence-electron chi connectivity index (χ4n) is 1.99. The van der Waals surface area contributed by atoms with Crippen LogP contribution in [0.15, 0.2) is 16.3 Å². The fraction of sp³-hybridized carbons (Fsp3) is 0.667. The number of nitrogens with zero attached hydrogens (tertiary/aromatic N) is 1.